The Morgan fingerprint density at radius 2 is 0.868 bits per heavy atom. The first-order chi connectivity index (χ1) is 15.9. The van der Waals surface area contributed by atoms with Gasteiger partial charge in [0.2, 0.25) is 0 Å². The Labute approximate surface area is 235 Å². The number of nitrogens with zero attached hydrogens (tertiary/aromatic N) is 2. The summed E-state index contributed by atoms with van der Waals surface area (Å²) in [5.74, 6) is 1.52. The number of hydrogen-bond donors (Lipinski definition) is 2. The summed E-state index contributed by atoms with van der Waals surface area (Å²) in [5, 5.41) is 0. The molecule has 2 aliphatic rings. The fraction of sp³-hybridized carbons (Fsp3) is 0.895. The first-order valence-electron chi connectivity index (χ1n) is 10.4. The average Bonchev–Trinajstić information content (AvgIpc) is 3.29. The van der Waals surface area contributed by atoms with E-state index in [2.05, 4.69) is 55.4 Å². The molecule has 0 saturated heterocycles. The number of alkyl halides is 6. The Kier molecular flexibility index (Phi) is 13.2. The molecule has 0 aromatic heterocycles. The molecule has 10 nitrogen and oxygen atoms in total. The van der Waals surface area contributed by atoms with Gasteiger partial charge in [-0.1, -0.05) is 41.5 Å². The molecular weight excluding hydrogens is 681 g/mol. The van der Waals surface area contributed by atoms with Crippen molar-refractivity contribution in [1.82, 2.24) is 0 Å². The van der Waals surface area contributed by atoms with E-state index >= 15 is 0 Å². The molecule has 2 rings (SSSR count). The fourth-order valence-electron chi connectivity index (χ4n) is 2.41. The van der Waals surface area contributed by atoms with Crippen LogP contribution in [0.4, 0.5) is 26.3 Å². The van der Waals surface area contributed by atoms with Gasteiger partial charge in [-0.05, 0) is 24.7 Å². The van der Waals surface area contributed by atoms with Crippen LogP contribution in [-0.4, -0.2) is 98.0 Å². The summed E-state index contributed by atoms with van der Waals surface area (Å²) in [6.45, 7) is 18.6. The Balaban J connectivity index is 0. The number of halogens is 6. The Hall–Kier alpha value is -0.861. The van der Waals surface area contributed by atoms with Gasteiger partial charge in [0.25, 0.3) is 0 Å². The van der Waals surface area contributed by atoms with E-state index in [0.717, 1.165) is 11.8 Å². The van der Waals surface area contributed by atoms with Crippen molar-refractivity contribution in [2.45, 2.75) is 78.5 Å². The Bertz CT molecular complexity index is 990. The van der Waals surface area contributed by atoms with Crippen molar-refractivity contribution in [3.05, 3.63) is 0 Å². The molecule has 0 spiro atoms. The summed E-state index contributed by atoms with van der Waals surface area (Å²) in [6.07, 6.45) is 0. The quantitative estimate of drug-likeness (QED) is 0.188. The monoisotopic (exact) mass is 714 g/mol. The molecule has 0 fully saturated rings. The van der Waals surface area contributed by atoms with Gasteiger partial charge >= 0.3 is 31.3 Å². The zero-order valence-electron chi connectivity index (χ0n) is 21.9. The summed E-state index contributed by atoms with van der Waals surface area (Å²) in [5.41, 5.74) is -11.2. The van der Waals surface area contributed by atoms with E-state index in [1.165, 1.54) is 0 Å². The maximum atomic E-state index is 10.7. The predicted molar refractivity (Wildman–Crippen MR) is 128 cm³/mol. The Morgan fingerprint density at radius 3 is 1.00 bits per heavy atom. The molecule has 38 heavy (non-hydrogen) atoms. The van der Waals surface area contributed by atoms with Gasteiger partial charge in [-0.3, -0.25) is 9.11 Å². The molecule has 224 valence electrons. The van der Waals surface area contributed by atoms with E-state index in [4.69, 9.17) is 45.4 Å². The molecule has 19 heteroatoms. The van der Waals surface area contributed by atoms with Crippen LogP contribution in [0.25, 0.3) is 0 Å². The number of rotatable bonds is 2. The van der Waals surface area contributed by atoms with E-state index in [-0.39, 0.29) is 52.2 Å². The van der Waals surface area contributed by atoms with E-state index in [0.29, 0.717) is 13.2 Å². The van der Waals surface area contributed by atoms with Crippen LogP contribution in [0.15, 0.2) is 9.98 Å². The van der Waals surface area contributed by atoms with Crippen molar-refractivity contribution in [3.8, 4) is 0 Å². The summed E-state index contributed by atoms with van der Waals surface area (Å²) in [6, 6.07) is 0.402. The van der Waals surface area contributed by atoms with E-state index in [1.807, 2.05) is 0 Å². The molecular formula is C19H32F6N2O8S2Sn. The second-order valence-corrected chi connectivity index (χ2v) is 13.5. The third kappa shape index (κ3) is 11.7. The van der Waals surface area contributed by atoms with Crippen LogP contribution in [0.5, 0.6) is 0 Å². The number of aliphatic imine (C=N–C) groups is 2. The second kappa shape index (κ2) is 12.8. The van der Waals surface area contributed by atoms with Gasteiger partial charge < -0.3 is 9.47 Å². The van der Waals surface area contributed by atoms with Crippen LogP contribution in [0, 0.1) is 16.2 Å². The molecule has 0 aromatic rings. The standard InChI is InChI=1S/C17H30N2O2.2CHF3O3S.Sn/c1-15(2,3)11-9-20-13(18-11)17(7,8)14-19-12(10-21-14)16(4,5)6;2*2-1(3,4)8(5,6)7;/h11-12H,9-10H2,1-8H3;2*(H,5,6,7);/t11-,12-;;;/m1.../s1. The molecule has 2 aliphatic heterocycles. The molecule has 2 atom stereocenters. The van der Waals surface area contributed by atoms with Crippen molar-refractivity contribution in [1.29, 1.82) is 0 Å². The average molecular weight is 713 g/mol. The topological polar surface area (TPSA) is 152 Å². The van der Waals surface area contributed by atoms with Gasteiger partial charge in [0.15, 0.2) is 11.8 Å². The largest absolute Gasteiger partial charge is 0.522 e. The van der Waals surface area contributed by atoms with Crippen molar-refractivity contribution < 1.29 is 61.8 Å². The zero-order valence-corrected chi connectivity index (χ0v) is 26.4. The van der Waals surface area contributed by atoms with Crippen LogP contribution >= 0.6 is 0 Å². The molecule has 0 amide bonds. The third-order valence-corrected chi connectivity index (χ3v) is 6.13. The van der Waals surface area contributed by atoms with E-state index in [9.17, 15) is 26.3 Å². The minimum absolute atomic E-state index is 0. The van der Waals surface area contributed by atoms with Gasteiger partial charge in [-0.25, -0.2) is 9.98 Å². The van der Waals surface area contributed by atoms with Gasteiger partial charge in [0.1, 0.15) is 18.6 Å². The van der Waals surface area contributed by atoms with Gasteiger partial charge in [-0.15, -0.1) is 0 Å². The van der Waals surface area contributed by atoms with Crippen molar-refractivity contribution >= 4 is 55.9 Å². The third-order valence-electron chi connectivity index (χ3n) is 4.96. The van der Waals surface area contributed by atoms with Crippen LogP contribution in [0.3, 0.4) is 0 Å². The first-order valence-corrected chi connectivity index (χ1v) is 13.3. The van der Waals surface area contributed by atoms with Crippen molar-refractivity contribution in [2.75, 3.05) is 13.2 Å². The van der Waals surface area contributed by atoms with Crippen LogP contribution in [0.2, 0.25) is 0 Å². The minimum Gasteiger partial charge on any atom is -0.478 e. The SMILES string of the molecule is CC(C)(C1=N[C@@H](C(C)(C)C)CO1)C1=N[C@@H](C(C)(C)C)CO1.O=S(=O)(O)C(F)(F)F.O=S(=O)(O)C(F)(F)F.[Sn]. The summed E-state index contributed by atoms with van der Waals surface area (Å²) in [7, 11) is -11.7. The summed E-state index contributed by atoms with van der Waals surface area (Å²) >= 11 is 0. The molecule has 0 bridgehead atoms. The molecule has 0 aromatic carbocycles. The van der Waals surface area contributed by atoms with Crippen molar-refractivity contribution in [2.24, 2.45) is 26.2 Å². The molecule has 0 saturated carbocycles. The predicted octanol–water partition coefficient (Wildman–Crippen LogP) is 4.11. The minimum atomic E-state index is -5.84. The molecule has 4 radical (unpaired) electrons. The van der Waals surface area contributed by atoms with Crippen LogP contribution < -0.4 is 0 Å². The van der Waals surface area contributed by atoms with Crippen LogP contribution in [-0.2, 0) is 29.7 Å². The van der Waals surface area contributed by atoms with Crippen molar-refractivity contribution in [3.63, 3.8) is 0 Å². The first kappa shape index (κ1) is 39.3. The maximum absolute atomic E-state index is 10.7. The molecule has 0 unspecified atom stereocenters. The zero-order chi connectivity index (χ0) is 30.1. The van der Waals surface area contributed by atoms with Gasteiger partial charge in [0.05, 0.1) is 12.1 Å². The summed E-state index contributed by atoms with van der Waals surface area (Å²) < 4.78 is 127. The Morgan fingerprint density at radius 1 is 0.658 bits per heavy atom. The molecule has 2 N–H and O–H groups in total. The van der Waals surface area contributed by atoms with Gasteiger partial charge in [0, 0.05) is 23.9 Å². The van der Waals surface area contributed by atoms with E-state index in [1.54, 1.807) is 0 Å². The number of hydrogen-bond acceptors (Lipinski definition) is 8. The summed E-state index contributed by atoms with van der Waals surface area (Å²) in [4.78, 5) is 9.59. The second-order valence-electron chi connectivity index (χ2n) is 10.7. The maximum Gasteiger partial charge on any atom is 0.522 e. The molecule has 0 aliphatic carbocycles. The van der Waals surface area contributed by atoms with E-state index < -0.39 is 31.3 Å². The van der Waals surface area contributed by atoms with Crippen LogP contribution in [0.1, 0.15) is 55.4 Å². The number of ether oxygens (including phenoxy) is 2. The molecule has 2 heterocycles. The fourth-order valence-corrected chi connectivity index (χ4v) is 2.41. The van der Waals surface area contributed by atoms with Gasteiger partial charge in [-0.2, -0.15) is 43.2 Å². The smallest absolute Gasteiger partial charge is 0.478 e. The normalized spacial score (nSPS) is 20.8.